The van der Waals surface area contributed by atoms with Crippen molar-refractivity contribution in [1.29, 1.82) is 0 Å². The minimum Gasteiger partial charge on any atom is -0.313 e. The first-order valence-corrected chi connectivity index (χ1v) is 4.89. The van der Waals surface area contributed by atoms with E-state index >= 15 is 0 Å². The van der Waals surface area contributed by atoms with Crippen molar-refractivity contribution < 1.29 is 0 Å². The molecule has 1 aromatic heterocycles. The van der Waals surface area contributed by atoms with E-state index in [1.54, 1.807) is 0 Å². The van der Waals surface area contributed by atoms with E-state index in [0.29, 0.717) is 5.92 Å². The van der Waals surface area contributed by atoms with Crippen molar-refractivity contribution >= 4 is 0 Å². The summed E-state index contributed by atoms with van der Waals surface area (Å²) in [6, 6.07) is 0. The van der Waals surface area contributed by atoms with E-state index in [9.17, 15) is 0 Å². The number of nitrogens with one attached hydrogen (secondary N) is 1. The molecule has 0 unspecified atom stereocenters. The van der Waals surface area contributed by atoms with Gasteiger partial charge in [0.15, 0.2) is 0 Å². The second-order valence-electron chi connectivity index (χ2n) is 3.96. The zero-order valence-electron chi connectivity index (χ0n) is 8.25. The number of nitrogens with zero attached hydrogens (tertiary/aromatic N) is 3. The zero-order valence-corrected chi connectivity index (χ0v) is 8.25. The number of hydrogen-bond donors (Lipinski definition) is 1. The summed E-state index contributed by atoms with van der Waals surface area (Å²) in [6.07, 6.45) is 1.03. The van der Waals surface area contributed by atoms with Crippen LogP contribution in [0.1, 0.15) is 25.5 Å². The highest BCUT2D eigenvalue weighted by atomic mass is 15.3. The molecule has 1 aromatic rings. The molecule has 13 heavy (non-hydrogen) atoms. The highest BCUT2D eigenvalue weighted by molar-refractivity contribution is 4.99. The van der Waals surface area contributed by atoms with Crippen LogP contribution in [0.2, 0.25) is 0 Å². The number of hydrogen-bond acceptors (Lipinski definition) is 3. The third-order valence-corrected chi connectivity index (χ3v) is 2.29. The van der Waals surface area contributed by atoms with Crippen LogP contribution in [0.4, 0.5) is 0 Å². The maximum absolute atomic E-state index is 4.21. The average Bonchev–Trinajstić information content (AvgIpc) is 2.48. The second kappa shape index (κ2) is 3.46. The van der Waals surface area contributed by atoms with E-state index in [2.05, 4.69) is 33.9 Å². The van der Waals surface area contributed by atoms with E-state index in [0.717, 1.165) is 37.7 Å². The van der Waals surface area contributed by atoms with Gasteiger partial charge >= 0.3 is 0 Å². The van der Waals surface area contributed by atoms with Gasteiger partial charge in [-0.1, -0.05) is 13.8 Å². The third kappa shape index (κ3) is 1.72. The molecule has 2 heterocycles. The van der Waals surface area contributed by atoms with Crippen LogP contribution < -0.4 is 5.32 Å². The summed E-state index contributed by atoms with van der Waals surface area (Å²) in [7, 11) is 0. The van der Waals surface area contributed by atoms with E-state index in [1.807, 2.05) is 0 Å². The molecule has 0 fully saturated rings. The molecular weight excluding hydrogens is 164 g/mol. The van der Waals surface area contributed by atoms with Gasteiger partial charge in [-0.15, -0.1) is 10.2 Å². The quantitative estimate of drug-likeness (QED) is 0.724. The molecule has 0 bridgehead atoms. The monoisotopic (exact) mass is 180 g/mol. The minimum absolute atomic E-state index is 0.656. The standard InChI is InChI=1S/C9H16N4/c1-7(2)5-8-11-12-9-6-10-3-4-13(8)9/h7,10H,3-6H2,1-2H3. The molecular formula is C9H16N4. The molecule has 0 aromatic carbocycles. The van der Waals surface area contributed by atoms with Crippen LogP contribution in [0.5, 0.6) is 0 Å². The van der Waals surface area contributed by atoms with Gasteiger partial charge in [0, 0.05) is 19.5 Å². The highest BCUT2D eigenvalue weighted by Gasteiger charge is 2.15. The summed E-state index contributed by atoms with van der Waals surface area (Å²) in [6.45, 7) is 7.34. The summed E-state index contributed by atoms with van der Waals surface area (Å²) >= 11 is 0. The molecule has 4 nitrogen and oxygen atoms in total. The Bertz CT molecular complexity index is 290. The number of fused-ring (bicyclic) bond motifs is 1. The Kier molecular flexibility index (Phi) is 2.31. The average molecular weight is 180 g/mol. The van der Waals surface area contributed by atoms with Crippen molar-refractivity contribution in [2.75, 3.05) is 6.54 Å². The first kappa shape index (κ1) is 8.69. The molecule has 0 spiro atoms. The molecule has 2 rings (SSSR count). The van der Waals surface area contributed by atoms with Crippen molar-refractivity contribution in [3.05, 3.63) is 11.6 Å². The van der Waals surface area contributed by atoms with E-state index < -0.39 is 0 Å². The fourth-order valence-electron chi connectivity index (χ4n) is 1.67. The van der Waals surface area contributed by atoms with Gasteiger partial charge in [-0.25, -0.2) is 0 Å². The number of rotatable bonds is 2. The van der Waals surface area contributed by atoms with Crippen LogP contribution in [0.3, 0.4) is 0 Å². The molecule has 0 aliphatic carbocycles. The van der Waals surface area contributed by atoms with Gasteiger partial charge in [0.25, 0.3) is 0 Å². The van der Waals surface area contributed by atoms with Crippen molar-refractivity contribution in [1.82, 2.24) is 20.1 Å². The fraction of sp³-hybridized carbons (Fsp3) is 0.778. The fourth-order valence-corrected chi connectivity index (χ4v) is 1.67. The minimum atomic E-state index is 0.656. The third-order valence-electron chi connectivity index (χ3n) is 2.29. The first-order chi connectivity index (χ1) is 6.27. The predicted octanol–water partition coefficient (Wildman–Crippen LogP) is 0.580. The summed E-state index contributed by atoms with van der Waals surface area (Å²) in [4.78, 5) is 0. The molecule has 1 aliphatic rings. The highest BCUT2D eigenvalue weighted by Crippen LogP contribution is 2.09. The maximum Gasteiger partial charge on any atom is 0.147 e. The molecule has 0 atom stereocenters. The molecule has 0 amide bonds. The zero-order chi connectivity index (χ0) is 9.26. The Labute approximate surface area is 78.4 Å². The topological polar surface area (TPSA) is 42.7 Å². The van der Waals surface area contributed by atoms with Crippen LogP contribution in [0.15, 0.2) is 0 Å². The SMILES string of the molecule is CC(C)Cc1nnc2n1CCNC2. The van der Waals surface area contributed by atoms with Crippen LogP contribution >= 0.6 is 0 Å². The van der Waals surface area contributed by atoms with E-state index in [-0.39, 0.29) is 0 Å². The van der Waals surface area contributed by atoms with Gasteiger partial charge in [0.05, 0.1) is 6.54 Å². The summed E-state index contributed by atoms with van der Waals surface area (Å²) in [5, 5.41) is 11.7. The van der Waals surface area contributed by atoms with E-state index in [4.69, 9.17) is 0 Å². The van der Waals surface area contributed by atoms with Gasteiger partial charge in [0.2, 0.25) is 0 Å². The lowest BCUT2D eigenvalue weighted by molar-refractivity contribution is 0.481. The lowest BCUT2D eigenvalue weighted by Gasteiger charge is -2.16. The largest absolute Gasteiger partial charge is 0.313 e. The van der Waals surface area contributed by atoms with Crippen molar-refractivity contribution in [2.24, 2.45) is 5.92 Å². The maximum atomic E-state index is 4.21. The lowest BCUT2D eigenvalue weighted by atomic mass is 10.1. The summed E-state index contributed by atoms with van der Waals surface area (Å²) in [5.74, 6) is 2.89. The molecule has 0 saturated carbocycles. The first-order valence-electron chi connectivity index (χ1n) is 4.89. The van der Waals surface area contributed by atoms with Gasteiger partial charge in [-0.05, 0) is 5.92 Å². The Morgan fingerprint density at radius 3 is 3.08 bits per heavy atom. The Morgan fingerprint density at radius 1 is 1.46 bits per heavy atom. The van der Waals surface area contributed by atoms with Crippen LogP contribution in [-0.2, 0) is 19.5 Å². The van der Waals surface area contributed by atoms with Crippen LogP contribution in [-0.4, -0.2) is 21.3 Å². The van der Waals surface area contributed by atoms with E-state index in [1.165, 1.54) is 0 Å². The summed E-state index contributed by atoms with van der Waals surface area (Å²) in [5.41, 5.74) is 0. The van der Waals surface area contributed by atoms with Gasteiger partial charge in [-0.3, -0.25) is 0 Å². The molecule has 72 valence electrons. The van der Waals surface area contributed by atoms with Crippen molar-refractivity contribution in [3.63, 3.8) is 0 Å². The van der Waals surface area contributed by atoms with Gasteiger partial charge in [-0.2, -0.15) is 0 Å². The Balaban J connectivity index is 2.21. The van der Waals surface area contributed by atoms with Gasteiger partial charge in [0.1, 0.15) is 11.6 Å². The molecule has 1 N–H and O–H groups in total. The van der Waals surface area contributed by atoms with Gasteiger partial charge < -0.3 is 9.88 Å². The molecule has 4 heteroatoms. The predicted molar refractivity (Wildman–Crippen MR) is 50.3 cm³/mol. The summed E-state index contributed by atoms with van der Waals surface area (Å²) < 4.78 is 2.25. The van der Waals surface area contributed by atoms with Crippen molar-refractivity contribution in [3.8, 4) is 0 Å². The molecule has 0 saturated heterocycles. The Morgan fingerprint density at radius 2 is 2.31 bits per heavy atom. The second-order valence-corrected chi connectivity index (χ2v) is 3.96. The number of aromatic nitrogens is 3. The Hall–Kier alpha value is -0.900. The lowest BCUT2D eigenvalue weighted by Crippen LogP contribution is -2.29. The normalized spacial score (nSPS) is 16.2. The molecule has 0 radical (unpaired) electrons. The van der Waals surface area contributed by atoms with Crippen LogP contribution in [0, 0.1) is 5.92 Å². The van der Waals surface area contributed by atoms with Crippen molar-refractivity contribution in [2.45, 2.75) is 33.4 Å². The molecule has 1 aliphatic heterocycles. The van der Waals surface area contributed by atoms with Crippen LogP contribution in [0.25, 0.3) is 0 Å². The smallest absolute Gasteiger partial charge is 0.147 e.